The van der Waals surface area contributed by atoms with Crippen LogP contribution >= 0.6 is 0 Å². The highest BCUT2D eigenvalue weighted by atomic mass is 16.3. The van der Waals surface area contributed by atoms with Crippen molar-refractivity contribution in [2.24, 2.45) is 0 Å². The average Bonchev–Trinajstić information content (AvgIpc) is 2.75. The zero-order valence-corrected chi connectivity index (χ0v) is 16.5. The van der Waals surface area contributed by atoms with Crippen molar-refractivity contribution in [1.29, 1.82) is 0 Å². The summed E-state index contributed by atoms with van der Waals surface area (Å²) in [5, 5.41) is 18.8. The number of piperazine rings is 1. The molecule has 0 spiro atoms. The van der Waals surface area contributed by atoms with Crippen LogP contribution in [0.4, 0.5) is 5.82 Å². The first-order chi connectivity index (χ1) is 14.1. The molecule has 2 aromatic heterocycles. The van der Waals surface area contributed by atoms with Gasteiger partial charge in [-0.2, -0.15) is 5.10 Å². The lowest BCUT2D eigenvalue weighted by molar-refractivity contribution is 0.245. The Morgan fingerprint density at radius 3 is 2.38 bits per heavy atom. The number of pyridine rings is 1. The Kier molecular flexibility index (Phi) is 5.57. The number of rotatable bonds is 5. The van der Waals surface area contributed by atoms with Crippen LogP contribution in [-0.4, -0.2) is 50.9 Å². The predicted octanol–water partition coefficient (Wildman–Crippen LogP) is 2.02. The van der Waals surface area contributed by atoms with Crippen LogP contribution in [0.1, 0.15) is 16.8 Å². The normalized spacial score (nSPS) is 14.9. The summed E-state index contributed by atoms with van der Waals surface area (Å²) < 4.78 is 1.54. The molecule has 7 nitrogen and oxygen atoms in total. The minimum atomic E-state index is -0.347. The maximum atomic E-state index is 12.6. The summed E-state index contributed by atoms with van der Waals surface area (Å²) in [6, 6.07) is 15.6. The van der Waals surface area contributed by atoms with Gasteiger partial charge in [0.1, 0.15) is 0 Å². The molecule has 1 aliphatic rings. The minimum absolute atomic E-state index is 0.157. The number of anilines is 1. The largest absolute Gasteiger partial charge is 0.503 e. The molecule has 1 fully saturated rings. The third-order valence-corrected chi connectivity index (χ3v) is 5.29. The highest BCUT2D eigenvalue weighted by molar-refractivity contribution is 5.38. The number of hydrogen-bond acceptors (Lipinski definition) is 6. The molecule has 1 aliphatic heterocycles. The lowest BCUT2D eigenvalue weighted by Crippen LogP contribution is -2.46. The summed E-state index contributed by atoms with van der Waals surface area (Å²) in [6.07, 6.45) is 1.77. The standard InChI is InChI=1S/C22H25N5O2/c1-17-7-8-20(24-23-17)26-13-11-25(12-14-26)16-19-9-10-27(22(29)21(19)28)15-18-5-3-2-4-6-18/h2-10,28H,11-16H2,1H3. The van der Waals surface area contributed by atoms with E-state index >= 15 is 0 Å². The molecule has 1 N–H and O–H groups in total. The number of aromatic nitrogens is 3. The Balaban J connectivity index is 1.39. The van der Waals surface area contributed by atoms with E-state index in [-0.39, 0.29) is 11.3 Å². The first kappa shape index (κ1) is 19.1. The summed E-state index contributed by atoms with van der Waals surface area (Å²) in [6.45, 7) is 6.27. The van der Waals surface area contributed by atoms with Crippen LogP contribution in [0.3, 0.4) is 0 Å². The van der Waals surface area contributed by atoms with Crippen LogP contribution in [-0.2, 0) is 13.1 Å². The van der Waals surface area contributed by atoms with Crippen molar-refractivity contribution in [2.45, 2.75) is 20.0 Å². The second-order valence-electron chi connectivity index (χ2n) is 7.40. The maximum Gasteiger partial charge on any atom is 0.293 e. The highest BCUT2D eigenvalue weighted by Crippen LogP contribution is 2.18. The second kappa shape index (κ2) is 8.45. The number of aryl methyl sites for hydroxylation is 1. The zero-order chi connectivity index (χ0) is 20.2. The molecule has 3 heterocycles. The molecule has 0 atom stereocenters. The van der Waals surface area contributed by atoms with Gasteiger partial charge in [0.25, 0.3) is 5.56 Å². The van der Waals surface area contributed by atoms with Gasteiger partial charge < -0.3 is 14.6 Å². The molecule has 0 bridgehead atoms. The van der Waals surface area contributed by atoms with E-state index in [2.05, 4.69) is 20.0 Å². The Labute approximate surface area is 169 Å². The number of aromatic hydroxyl groups is 1. The zero-order valence-electron chi connectivity index (χ0n) is 16.5. The number of benzene rings is 1. The van der Waals surface area contributed by atoms with Crippen molar-refractivity contribution in [3.05, 3.63) is 81.9 Å². The molecular formula is C22H25N5O2. The first-order valence-corrected chi connectivity index (χ1v) is 9.83. The van der Waals surface area contributed by atoms with E-state index < -0.39 is 0 Å². The molecule has 0 amide bonds. The molecule has 4 rings (SSSR count). The van der Waals surface area contributed by atoms with E-state index in [9.17, 15) is 9.90 Å². The number of nitrogens with zero attached hydrogens (tertiary/aromatic N) is 5. The van der Waals surface area contributed by atoms with Gasteiger partial charge in [0, 0.05) is 44.5 Å². The van der Waals surface area contributed by atoms with Gasteiger partial charge in [-0.15, -0.1) is 5.10 Å². The highest BCUT2D eigenvalue weighted by Gasteiger charge is 2.20. The maximum absolute atomic E-state index is 12.6. The van der Waals surface area contributed by atoms with Gasteiger partial charge in [-0.25, -0.2) is 0 Å². The summed E-state index contributed by atoms with van der Waals surface area (Å²) >= 11 is 0. The average molecular weight is 391 g/mol. The van der Waals surface area contributed by atoms with Gasteiger partial charge in [-0.05, 0) is 30.7 Å². The van der Waals surface area contributed by atoms with Crippen molar-refractivity contribution in [2.75, 3.05) is 31.1 Å². The summed E-state index contributed by atoms with van der Waals surface area (Å²) in [5.41, 5.74) is 2.25. The molecule has 0 saturated carbocycles. The Hall–Kier alpha value is -3.19. The fourth-order valence-electron chi connectivity index (χ4n) is 3.57. The van der Waals surface area contributed by atoms with Gasteiger partial charge in [-0.1, -0.05) is 30.3 Å². The van der Waals surface area contributed by atoms with Crippen molar-refractivity contribution < 1.29 is 5.11 Å². The molecule has 1 aromatic carbocycles. The third kappa shape index (κ3) is 4.46. The SMILES string of the molecule is Cc1ccc(N2CCN(Cc3ccn(Cc4ccccc4)c(=O)c3O)CC2)nn1. The van der Waals surface area contributed by atoms with E-state index in [0.717, 1.165) is 43.3 Å². The van der Waals surface area contributed by atoms with Crippen LogP contribution in [0.25, 0.3) is 0 Å². The van der Waals surface area contributed by atoms with Crippen LogP contribution in [0.2, 0.25) is 0 Å². The first-order valence-electron chi connectivity index (χ1n) is 9.83. The lowest BCUT2D eigenvalue weighted by atomic mass is 10.2. The van der Waals surface area contributed by atoms with Crippen LogP contribution in [0, 0.1) is 6.92 Å². The second-order valence-corrected chi connectivity index (χ2v) is 7.40. The van der Waals surface area contributed by atoms with Crippen molar-refractivity contribution >= 4 is 5.82 Å². The van der Waals surface area contributed by atoms with Crippen LogP contribution in [0.15, 0.2) is 59.5 Å². The quantitative estimate of drug-likeness (QED) is 0.717. The van der Waals surface area contributed by atoms with Crippen molar-refractivity contribution in [1.82, 2.24) is 19.7 Å². The van der Waals surface area contributed by atoms with Gasteiger partial charge in [-0.3, -0.25) is 9.69 Å². The minimum Gasteiger partial charge on any atom is -0.503 e. The van der Waals surface area contributed by atoms with E-state index in [4.69, 9.17) is 0 Å². The van der Waals surface area contributed by atoms with E-state index in [1.807, 2.05) is 55.5 Å². The lowest BCUT2D eigenvalue weighted by Gasteiger charge is -2.35. The van der Waals surface area contributed by atoms with Gasteiger partial charge in [0.2, 0.25) is 0 Å². The monoisotopic (exact) mass is 391 g/mol. The smallest absolute Gasteiger partial charge is 0.293 e. The molecule has 7 heteroatoms. The summed E-state index contributed by atoms with van der Waals surface area (Å²) in [4.78, 5) is 17.0. The van der Waals surface area contributed by atoms with Gasteiger partial charge in [0.05, 0.1) is 12.2 Å². The molecule has 1 saturated heterocycles. The third-order valence-electron chi connectivity index (χ3n) is 5.29. The molecule has 0 unspecified atom stereocenters. The van der Waals surface area contributed by atoms with E-state index in [1.165, 1.54) is 0 Å². The summed E-state index contributed by atoms with van der Waals surface area (Å²) in [5.74, 6) is 0.733. The van der Waals surface area contributed by atoms with Crippen LogP contribution in [0.5, 0.6) is 5.75 Å². The molecule has 3 aromatic rings. The van der Waals surface area contributed by atoms with Crippen LogP contribution < -0.4 is 10.5 Å². The van der Waals surface area contributed by atoms with Gasteiger partial charge in [0.15, 0.2) is 11.6 Å². The molecule has 0 radical (unpaired) electrons. The Morgan fingerprint density at radius 2 is 1.69 bits per heavy atom. The fourth-order valence-corrected chi connectivity index (χ4v) is 3.57. The summed E-state index contributed by atoms with van der Waals surface area (Å²) in [7, 11) is 0. The molecular weight excluding hydrogens is 366 g/mol. The topological polar surface area (TPSA) is 74.5 Å². The molecule has 150 valence electrons. The Morgan fingerprint density at radius 1 is 0.931 bits per heavy atom. The van der Waals surface area contributed by atoms with Gasteiger partial charge >= 0.3 is 0 Å². The van der Waals surface area contributed by atoms with Crippen molar-refractivity contribution in [3.8, 4) is 5.75 Å². The van der Waals surface area contributed by atoms with E-state index in [1.54, 1.807) is 10.8 Å². The van der Waals surface area contributed by atoms with E-state index in [0.29, 0.717) is 18.7 Å². The molecule has 0 aliphatic carbocycles. The number of hydrogen-bond donors (Lipinski definition) is 1. The molecule has 29 heavy (non-hydrogen) atoms. The van der Waals surface area contributed by atoms with Crippen molar-refractivity contribution in [3.63, 3.8) is 0 Å². The predicted molar refractivity (Wildman–Crippen MR) is 112 cm³/mol. The fraction of sp³-hybridized carbons (Fsp3) is 0.318. The Bertz CT molecular complexity index is 1010.